The van der Waals surface area contributed by atoms with Crippen LogP contribution < -0.4 is 23.8 Å². The highest BCUT2D eigenvalue weighted by Gasteiger charge is 2.53. The van der Waals surface area contributed by atoms with Crippen molar-refractivity contribution >= 4 is 22.5 Å². The Bertz CT molecular complexity index is 2350. The number of hydrogen-bond acceptors (Lipinski definition) is 5. The molecule has 1 saturated heterocycles. The van der Waals surface area contributed by atoms with Crippen LogP contribution in [0.4, 0.5) is 5.69 Å². The number of allylic oxidation sites excluding steroid dienone is 2. The molecule has 280 valence electrons. The first-order valence-corrected chi connectivity index (χ1v) is 20.3. The van der Waals surface area contributed by atoms with Gasteiger partial charge in [-0.25, -0.2) is 0 Å². The van der Waals surface area contributed by atoms with Crippen molar-refractivity contribution in [2.24, 2.45) is 5.41 Å². The van der Waals surface area contributed by atoms with Gasteiger partial charge in [-0.05, 0) is 110 Å². The molecule has 1 atom stereocenters. The second-order valence-corrected chi connectivity index (χ2v) is 17.2. The van der Waals surface area contributed by atoms with Gasteiger partial charge >= 0.3 is 0 Å². The van der Waals surface area contributed by atoms with E-state index < -0.39 is 5.60 Å². The highest BCUT2D eigenvalue weighted by Crippen LogP contribution is 2.66. The van der Waals surface area contributed by atoms with Gasteiger partial charge in [0.05, 0.1) is 26.5 Å². The van der Waals surface area contributed by atoms with Gasteiger partial charge in [-0.2, -0.15) is 0 Å². The number of ether oxygens (including phenoxy) is 4. The van der Waals surface area contributed by atoms with Crippen molar-refractivity contribution in [2.45, 2.75) is 76.7 Å². The third-order valence-electron chi connectivity index (χ3n) is 13.3. The largest absolute Gasteiger partial charge is 0.497 e. The SMILES string of the molecule is C/C=C1\CC(C)(C)CC2(C1)c1ccccc1-c1c2c2c(c3cc(N4CCCCC4)c4c(c13)CCO4)OC(c1ccc(OC)cc1)(c1ccc(OC)cc1)C=C2. The van der Waals surface area contributed by atoms with Crippen LogP contribution in [0.3, 0.4) is 0 Å². The van der Waals surface area contributed by atoms with E-state index in [-0.39, 0.29) is 10.8 Å². The van der Waals surface area contributed by atoms with E-state index >= 15 is 0 Å². The van der Waals surface area contributed by atoms with Crippen molar-refractivity contribution in [3.63, 3.8) is 0 Å². The molecule has 3 aliphatic heterocycles. The molecular formula is C50H51NO4. The van der Waals surface area contributed by atoms with Gasteiger partial charge in [0.15, 0.2) is 5.60 Å². The minimum absolute atomic E-state index is 0.120. The number of benzene rings is 5. The summed E-state index contributed by atoms with van der Waals surface area (Å²) in [4.78, 5) is 2.57. The molecule has 3 heterocycles. The predicted octanol–water partition coefficient (Wildman–Crippen LogP) is 11.6. The Kier molecular flexibility index (Phi) is 7.93. The van der Waals surface area contributed by atoms with Crippen LogP contribution in [-0.4, -0.2) is 33.9 Å². The van der Waals surface area contributed by atoms with E-state index in [9.17, 15) is 0 Å². The number of nitrogens with zero attached hydrogens (tertiary/aromatic N) is 1. The van der Waals surface area contributed by atoms with Crippen LogP contribution in [0, 0.1) is 5.41 Å². The first-order valence-electron chi connectivity index (χ1n) is 20.3. The van der Waals surface area contributed by atoms with Gasteiger partial charge < -0.3 is 23.8 Å². The van der Waals surface area contributed by atoms with E-state index in [4.69, 9.17) is 18.9 Å². The van der Waals surface area contributed by atoms with Crippen LogP contribution in [0.15, 0.2) is 96.6 Å². The smallest absolute Gasteiger partial charge is 0.178 e. The van der Waals surface area contributed by atoms with Crippen molar-refractivity contribution in [3.05, 3.63) is 130 Å². The summed E-state index contributed by atoms with van der Waals surface area (Å²) in [5, 5.41) is 2.49. The van der Waals surface area contributed by atoms with Gasteiger partial charge in [-0.1, -0.05) is 80.1 Å². The third kappa shape index (κ3) is 5.11. The summed E-state index contributed by atoms with van der Waals surface area (Å²) in [5.74, 6) is 3.68. The van der Waals surface area contributed by atoms with Crippen LogP contribution in [0.25, 0.3) is 28.0 Å². The van der Waals surface area contributed by atoms with Crippen molar-refractivity contribution in [2.75, 3.05) is 38.8 Å². The average molecular weight is 730 g/mol. The van der Waals surface area contributed by atoms with Crippen molar-refractivity contribution < 1.29 is 18.9 Å². The highest BCUT2D eigenvalue weighted by atomic mass is 16.5. The van der Waals surface area contributed by atoms with E-state index in [1.165, 1.54) is 74.7 Å². The normalized spacial score (nSPS) is 22.1. The molecule has 0 amide bonds. The lowest BCUT2D eigenvalue weighted by atomic mass is 9.57. The Morgan fingerprint density at radius 2 is 1.49 bits per heavy atom. The van der Waals surface area contributed by atoms with Crippen LogP contribution in [0.5, 0.6) is 23.0 Å². The Morgan fingerprint density at radius 1 is 0.800 bits per heavy atom. The molecule has 55 heavy (non-hydrogen) atoms. The molecule has 5 aliphatic rings. The van der Waals surface area contributed by atoms with E-state index in [1.807, 2.05) is 24.3 Å². The van der Waals surface area contributed by atoms with Gasteiger partial charge in [-0.15, -0.1) is 0 Å². The Labute approximate surface area is 325 Å². The van der Waals surface area contributed by atoms with Gasteiger partial charge in [0, 0.05) is 58.0 Å². The fourth-order valence-electron chi connectivity index (χ4n) is 11.1. The lowest BCUT2D eigenvalue weighted by molar-refractivity contribution is 0.162. The maximum Gasteiger partial charge on any atom is 0.178 e. The number of methoxy groups -OCH3 is 2. The highest BCUT2D eigenvalue weighted by molar-refractivity contribution is 6.12. The molecule has 10 rings (SSSR count). The predicted molar refractivity (Wildman–Crippen MR) is 223 cm³/mol. The summed E-state index contributed by atoms with van der Waals surface area (Å²) in [7, 11) is 3.44. The fraction of sp³-hybridized carbons (Fsp3) is 0.360. The van der Waals surface area contributed by atoms with Crippen molar-refractivity contribution in [1.29, 1.82) is 0 Å². The van der Waals surface area contributed by atoms with Gasteiger partial charge in [0.25, 0.3) is 0 Å². The summed E-state index contributed by atoms with van der Waals surface area (Å²) in [6.45, 7) is 9.95. The van der Waals surface area contributed by atoms with Crippen molar-refractivity contribution in [3.8, 4) is 34.1 Å². The summed E-state index contributed by atoms with van der Waals surface area (Å²) >= 11 is 0. The van der Waals surface area contributed by atoms with Crippen molar-refractivity contribution in [1.82, 2.24) is 0 Å². The first-order chi connectivity index (χ1) is 26.8. The zero-order valence-corrected chi connectivity index (χ0v) is 32.9. The zero-order chi connectivity index (χ0) is 37.5. The van der Waals surface area contributed by atoms with E-state index in [1.54, 1.807) is 14.2 Å². The monoisotopic (exact) mass is 729 g/mol. The number of rotatable bonds is 5. The molecular weight excluding hydrogens is 679 g/mol. The zero-order valence-electron chi connectivity index (χ0n) is 32.9. The fourth-order valence-corrected chi connectivity index (χ4v) is 11.1. The van der Waals surface area contributed by atoms with Crippen LogP contribution >= 0.6 is 0 Å². The molecule has 0 radical (unpaired) electrons. The van der Waals surface area contributed by atoms with E-state index in [0.29, 0.717) is 6.61 Å². The average Bonchev–Trinajstić information content (AvgIpc) is 3.82. The number of hydrogen-bond donors (Lipinski definition) is 0. The molecule has 2 aliphatic carbocycles. The summed E-state index contributed by atoms with van der Waals surface area (Å²) in [6.07, 6.45) is 14.9. The molecule has 1 unspecified atom stereocenters. The summed E-state index contributed by atoms with van der Waals surface area (Å²) < 4.78 is 25.8. The maximum absolute atomic E-state index is 7.87. The minimum atomic E-state index is -0.896. The second-order valence-electron chi connectivity index (χ2n) is 17.2. The van der Waals surface area contributed by atoms with E-state index in [0.717, 1.165) is 72.9 Å². The Balaban J connectivity index is 1.33. The molecule has 5 aromatic rings. The van der Waals surface area contributed by atoms with Crippen LogP contribution in [-0.2, 0) is 17.4 Å². The molecule has 0 bridgehead atoms. The second kappa shape index (κ2) is 12.7. The molecule has 1 spiro atoms. The van der Waals surface area contributed by atoms with Crippen LogP contribution in [0.2, 0.25) is 0 Å². The number of anilines is 1. The molecule has 0 N–H and O–H groups in total. The Hall–Kier alpha value is -5.16. The van der Waals surface area contributed by atoms with Gasteiger partial charge in [0.2, 0.25) is 0 Å². The molecule has 0 aromatic heterocycles. The molecule has 5 heteroatoms. The lowest BCUT2D eigenvalue weighted by Crippen LogP contribution is -2.39. The van der Waals surface area contributed by atoms with Gasteiger partial charge in [-0.3, -0.25) is 0 Å². The minimum Gasteiger partial charge on any atom is -0.497 e. The number of piperidine rings is 1. The molecule has 5 aromatic carbocycles. The quantitative estimate of drug-likeness (QED) is 0.168. The third-order valence-corrected chi connectivity index (χ3v) is 13.3. The lowest BCUT2D eigenvalue weighted by Gasteiger charge is -2.47. The summed E-state index contributed by atoms with van der Waals surface area (Å²) in [6, 6.07) is 28.5. The molecule has 5 nitrogen and oxygen atoms in total. The molecule has 2 fully saturated rings. The Morgan fingerprint density at radius 3 is 2.16 bits per heavy atom. The van der Waals surface area contributed by atoms with E-state index in [2.05, 4.69) is 98.5 Å². The summed E-state index contributed by atoms with van der Waals surface area (Å²) in [5.41, 5.74) is 12.1. The number of fused-ring (bicyclic) bond motifs is 12. The van der Waals surface area contributed by atoms with Crippen LogP contribution in [0.1, 0.15) is 92.7 Å². The first kappa shape index (κ1) is 34.3. The standard InChI is InChI=1S/C50H51NO4/c1-6-32-29-48(2,3)31-49(30-32)41-13-9-8-12-37(41)44-43-38-23-27-54-47(38)42(51-25-10-7-11-26-51)28-40(43)46-39(45(44)49)22-24-50(55-46,33-14-18-35(52-4)19-15-33)34-16-20-36(53-5)21-17-34/h6,8-9,12-22,24,28H,7,10-11,23,25-27,29-31H2,1-5H3/b32-6+. The van der Waals surface area contributed by atoms with Gasteiger partial charge in [0.1, 0.15) is 23.0 Å². The molecule has 1 saturated carbocycles. The topological polar surface area (TPSA) is 40.2 Å². The maximum atomic E-state index is 7.87.